The van der Waals surface area contributed by atoms with E-state index in [1.165, 1.54) is 0 Å². The fraction of sp³-hybridized carbons (Fsp3) is 0.577. The third-order valence-corrected chi connectivity index (χ3v) is 8.58. The van der Waals surface area contributed by atoms with Crippen LogP contribution in [-0.4, -0.2) is 37.4 Å². The maximum absolute atomic E-state index is 12.7. The van der Waals surface area contributed by atoms with Crippen LogP contribution in [0.5, 0.6) is 5.75 Å². The summed E-state index contributed by atoms with van der Waals surface area (Å²) in [5, 5.41) is 15.7. The van der Waals surface area contributed by atoms with Gasteiger partial charge in [0.2, 0.25) is 5.91 Å². The van der Waals surface area contributed by atoms with Crippen molar-refractivity contribution in [3.63, 3.8) is 0 Å². The SMILES string of the molecule is COCCC(=O)N[C@H]1C(C)(C)[C@@H]2C[C@@H]3[C@@H](c4ccc(O)c5ccccc45)OCC[C@@]31C2. The molecule has 0 unspecified atom stereocenters. The molecule has 2 aromatic carbocycles. The third kappa shape index (κ3) is 3.08. The number of fused-ring (bicyclic) bond motifs is 2. The van der Waals surface area contributed by atoms with E-state index >= 15 is 0 Å². The molecule has 1 saturated heterocycles. The number of carbonyl (C=O) groups is 1. The Labute approximate surface area is 184 Å². The molecule has 1 amide bonds. The van der Waals surface area contributed by atoms with Gasteiger partial charge in [-0.05, 0) is 58.9 Å². The van der Waals surface area contributed by atoms with Crippen LogP contribution < -0.4 is 5.32 Å². The lowest BCUT2D eigenvalue weighted by Gasteiger charge is -2.53. The molecule has 2 N–H and O–H groups in total. The first-order valence-electron chi connectivity index (χ1n) is 11.5. The number of rotatable bonds is 5. The smallest absolute Gasteiger partial charge is 0.222 e. The minimum atomic E-state index is -0.0151. The van der Waals surface area contributed by atoms with Gasteiger partial charge in [-0.15, -0.1) is 0 Å². The molecule has 5 heteroatoms. The molecular weight excluding hydrogens is 390 g/mol. The van der Waals surface area contributed by atoms with Gasteiger partial charge in [0, 0.05) is 31.6 Å². The van der Waals surface area contributed by atoms with Crippen molar-refractivity contribution in [1.82, 2.24) is 5.32 Å². The van der Waals surface area contributed by atoms with Crippen molar-refractivity contribution >= 4 is 16.7 Å². The molecule has 1 heterocycles. The van der Waals surface area contributed by atoms with Crippen LogP contribution in [0.15, 0.2) is 36.4 Å². The zero-order valence-electron chi connectivity index (χ0n) is 18.7. The summed E-state index contributed by atoms with van der Waals surface area (Å²) in [6, 6.07) is 12.0. The Morgan fingerprint density at radius 2 is 2.00 bits per heavy atom. The van der Waals surface area contributed by atoms with Gasteiger partial charge in [-0.1, -0.05) is 44.2 Å². The Morgan fingerprint density at radius 3 is 2.77 bits per heavy atom. The van der Waals surface area contributed by atoms with Crippen LogP contribution in [0.3, 0.4) is 0 Å². The van der Waals surface area contributed by atoms with Gasteiger partial charge in [0.15, 0.2) is 0 Å². The number of amides is 1. The van der Waals surface area contributed by atoms with E-state index in [0.29, 0.717) is 37.2 Å². The van der Waals surface area contributed by atoms with E-state index in [4.69, 9.17) is 9.47 Å². The van der Waals surface area contributed by atoms with Crippen molar-refractivity contribution in [2.45, 2.75) is 51.7 Å². The first-order valence-corrected chi connectivity index (χ1v) is 11.5. The fourth-order valence-electron chi connectivity index (χ4n) is 7.08. The van der Waals surface area contributed by atoms with Crippen molar-refractivity contribution in [3.8, 4) is 5.75 Å². The molecule has 1 spiro atoms. The minimum Gasteiger partial charge on any atom is -0.507 e. The van der Waals surface area contributed by atoms with Crippen LogP contribution in [0.1, 0.15) is 51.2 Å². The molecule has 166 valence electrons. The zero-order chi connectivity index (χ0) is 21.8. The molecule has 0 radical (unpaired) electrons. The summed E-state index contributed by atoms with van der Waals surface area (Å²) in [6.07, 6.45) is 3.64. The Hall–Kier alpha value is -2.11. The van der Waals surface area contributed by atoms with Crippen molar-refractivity contribution in [2.75, 3.05) is 20.3 Å². The van der Waals surface area contributed by atoms with Crippen LogP contribution in [0.25, 0.3) is 10.8 Å². The number of carbonyl (C=O) groups excluding carboxylic acids is 1. The number of phenolic OH excluding ortho intramolecular Hbond substituents is 1. The van der Waals surface area contributed by atoms with E-state index < -0.39 is 0 Å². The maximum Gasteiger partial charge on any atom is 0.222 e. The summed E-state index contributed by atoms with van der Waals surface area (Å²) >= 11 is 0. The fourth-order valence-corrected chi connectivity index (χ4v) is 7.08. The van der Waals surface area contributed by atoms with Crippen LogP contribution in [0.2, 0.25) is 0 Å². The summed E-state index contributed by atoms with van der Waals surface area (Å²) < 4.78 is 11.6. The van der Waals surface area contributed by atoms with Gasteiger partial charge in [0.05, 0.1) is 12.7 Å². The maximum atomic E-state index is 12.7. The molecule has 2 saturated carbocycles. The first-order chi connectivity index (χ1) is 14.9. The second kappa shape index (κ2) is 7.49. The van der Waals surface area contributed by atoms with E-state index in [0.717, 1.165) is 35.6 Å². The first kappa shape index (κ1) is 20.8. The highest BCUT2D eigenvalue weighted by atomic mass is 16.5. The number of ether oxygens (including phenoxy) is 2. The quantitative estimate of drug-likeness (QED) is 0.739. The summed E-state index contributed by atoms with van der Waals surface area (Å²) in [7, 11) is 1.63. The largest absolute Gasteiger partial charge is 0.507 e. The Morgan fingerprint density at radius 1 is 1.23 bits per heavy atom. The lowest BCUT2D eigenvalue weighted by Crippen LogP contribution is -2.59. The highest BCUT2D eigenvalue weighted by molar-refractivity contribution is 5.91. The molecular formula is C26H33NO4. The third-order valence-electron chi connectivity index (χ3n) is 8.58. The van der Waals surface area contributed by atoms with Crippen LogP contribution >= 0.6 is 0 Å². The van der Waals surface area contributed by atoms with Gasteiger partial charge in [-0.25, -0.2) is 0 Å². The van der Waals surface area contributed by atoms with E-state index in [1.807, 2.05) is 24.3 Å². The Bertz CT molecular complexity index is 1000. The highest BCUT2D eigenvalue weighted by Crippen LogP contribution is 2.70. The number of aromatic hydroxyl groups is 1. The molecule has 2 aromatic rings. The van der Waals surface area contributed by atoms with Gasteiger partial charge in [0.1, 0.15) is 5.75 Å². The van der Waals surface area contributed by atoms with Crippen LogP contribution in [0, 0.1) is 22.7 Å². The average Bonchev–Trinajstić information content (AvgIpc) is 3.25. The molecule has 0 aromatic heterocycles. The standard InChI is InChI=1S/C26H33NO4/c1-25(2)16-14-20-23(19-8-9-21(28)18-7-5-4-6-17(18)19)31-13-11-26(20,15-16)24(25)27-22(29)10-12-30-3/h4-9,16,20,23-24,28H,10-15H2,1-3H3,(H,27,29)/t16-,20-,23-,24+,26-/m1/s1. The van der Waals surface area contributed by atoms with Crippen molar-refractivity contribution in [3.05, 3.63) is 42.0 Å². The minimum absolute atomic E-state index is 0.0151. The number of methoxy groups -OCH3 is 1. The molecule has 3 aliphatic rings. The second-order valence-electron chi connectivity index (χ2n) is 10.3. The Kier molecular flexibility index (Phi) is 5.02. The topological polar surface area (TPSA) is 67.8 Å². The zero-order valence-corrected chi connectivity index (χ0v) is 18.7. The summed E-state index contributed by atoms with van der Waals surface area (Å²) in [6.45, 7) is 5.79. The van der Waals surface area contributed by atoms with Crippen molar-refractivity contribution < 1.29 is 19.4 Å². The van der Waals surface area contributed by atoms with Crippen molar-refractivity contribution in [2.24, 2.45) is 22.7 Å². The lowest BCUT2D eigenvalue weighted by molar-refractivity contribution is -0.137. The Balaban J connectivity index is 1.52. The summed E-state index contributed by atoms with van der Waals surface area (Å²) in [5.41, 5.74) is 1.28. The molecule has 2 bridgehead atoms. The summed E-state index contributed by atoms with van der Waals surface area (Å²) in [4.78, 5) is 12.7. The normalized spacial score (nSPS) is 33.4. The monoisotopic (exact) mass is 423 g/mol. The van der Waals surface area contributed by atoms with Gasteiger partial charge < -0.3 is 19.9 Å². The molecule has 1 aliphatic heterocycles. The van der Waals surface area contributed by atoms with Gasteiger partial charge in [0.25, 0.3) is 0 Å². The second-order valence-corrected chi connectivity index (χ2v) is 10.3. The van der Waals surface area contributed by atoms with Gasteiger partial charge >= 0.3 is 0 Å². The highest BCUT2D eigenvalue weighted by Gasteiger charge is 2.68. The number of phenols is 1. The van der Waals surface area contributed by atoms with Crippen LogP contribution in [0.4, 0.5) is 0 Å². The predicted molar refractivity (Wildman–Crippen MR) is 120 cm³/mol. The van der Waals surface area contributed by atoms with Gasteiger partial charge in [-0.3, -0.25) is 4.79 Å². The van der Waals surface area contributed by atoms with Gasteiger partial charge in [-0.2, -0.15) is 0 Å². The number of hydrogen-bond donors (Lipinski definition) is 2. The lowest BCUT2D eigenvalue weighted by atomic mass is 9.58. The molecule has 31 heavy (non-hydrogen) atoms. The molecule has 5 rings (SSSR count). The average molecular weight is 424 g/mol. The van der Waals surface area contributed by atoms with E-state index in [2.05, 4.69) is 25.2 Å². The van der Waals surface area contributed by atoms with E-state index in [-0.39, 0.29) is 28.9 Å². The molecule has 5 atom stereocenters. The molecule has 5 nitrogen and oxygen atoms in total. The van der Waals surface area contributed by atoms with E-state index in [9.17, 15) is 9.90 Å². The van der Waals surface area contributed by atoms with Crippen molar-refractivity contribution in [1.29, 1.82) is 0 Å². The van der Waals surface area contributed by atoms with Crippen LogP contribution in [-0.2, 0) is 14.3 Å². The number of hydrogen-bond acceptors (Lipinski definition) is 4. The number of nitrogens with one attached hydrogen (secondary N) is 1. The molecule has 3 fully saturated rings. The van der Waals surface area contributed by atoms with E-state index in [1.54, 1.807) is 13.2 Å². The number of benzene rings is 2. The predicted octanol–water partition coefficient (Wildman–Crippen LogP) is 4.58. The summed E-state index contributed by atoms with van der Waals surface area (Å²) in [5.74, 6) is 1.32. The molecule has 2 aliphatic carbocycles.